The molecule has 1 aromatic heterocycles. The van der Waals surface area contributed by atoms with Gasteiger partial charge in [0.05, 0.1) is 22.4 Å². The average Bonchev–Trinajstić information content (AvgIpc) is 3.16. The molecule has 4 rings (SSSR count). The van der Waals surface area contributed by atoms with Gasteiger partial charge in [0.2, 0.25) is 5.88 Å². The molecule has 0 bridgehead atoms. The molecule has 1 heterocycles. The molecule has 0 unspecified atom stereocenters. The predicted octanol–water partition coefficient (Wildman–Crippen LogP) is 4.52. The Bertz CT molecular complexity index is 1580. The van der Waals surface area contributed by atoms with Crippen LogP contribution in [0.1, 0.15) is 10.4 Å². The number of amides is 1. The zero-order valence-electron chi connectivity index (χ0n) is 18.0. The van der Waals surface area contributed by atoms with Gasteiger partial charge in [-0.25, -0.2) is 8.42 Å². The summed E-state index contributed by atoms with van der Waals surface area (Å²) >= 11 is 0. The number of nitro groups is 1. The lowest BCUT2D eigenvalue weighted by molar-refractivity contribution is -0.384. The molecule has 1 amide bonds. The van der Waals surface area contributed by atoms with Gasteiger partial charge in [0.25, 0.3) is 21.6 Å². The van der Waals surface area contributed by atoms with Crippen LogP contribution in [0.2, 0.25) is 0 Å². The summed E-state index contributed by atoms with van der Waals surface area (Å²) in [6.07, 6.45) is 0. The first-order valence-corrected chi connectivity index (χ1v) is 11.4. The van der Waals surface area contributed by atoms with Gasteiger partial charge in [0.15, 0.2) is 5.69 Å². The molecule has 4 aromatic rings. The van der Waals surface area contributed by atoms with Gasteiger partial charge < -0.3 is 14.8 Å². The molecule has 0 spiro atoms. The highest BCUT2D eigenvalue weighted by Gasteiger charge is 2.18. The third-order valence-corrected chi connectivity index (χ3v) is 6.30. The maximum absolute atomic E-state index is 12.8. The number of azo groups is 1. The number of fused-ring (bicyclic) bond motifs is 1. The normalized spacial score (nSPS) is 11.6. The Morgan fingerprint density at radius 3 is 2.54 bits per heavy atom. The van der Waals surface area contributed by atoms with E-state index in [0.717, 1.165) is 6.07 Å². The summed E-state index contributed by atoms with van der Waals surface area (Å²) < 4.78 is 33.0. The molecule has 0 saturated carbocycles. The number of non-ortho nitro benzene ring substituents is 1. The number of methoxy groups -OCH3 is 1. The highest BCUT2D eigenvalue weighted by molar-refractivity contribution is 7.92. The number of carbonyl (C=O) groups is 1. The second-order valence-electron chi connectivity index (χ2n) is 7.18. The van der Waals surface area contributed by atoms with E-state index in [1.165, 1.54) is 55.6 Å². The highest BCUT2D eigenvalue weighted by Crippen LogP contribution is 2.37. The number of anilines is 1. The number of nitro benzene ring substituents is 1. The van der Waals surface area contributed by atoms with Crippen molar-refractivity contribution in [2.75, 3.05) is 11.8 Å². The van der Waals surface area contributed by atoms with Crippen LogP contribution in [0.15, 0.2) is 81.9 Å². The number of benzene rings is 3. The zero-order chi connectivity index (χ0) is 25.2. The smallest absolute Gasteiger partial charge is 0.295 e. The Morgan fingerprint density at radius 1 is 1.11 bits per heavy atom. The lowest BCUT2D eigenvalue weighted by Crippen LogP contribution is -2.13. The number of rotatable bonds is 7. The van der Waals surface area contributed by atoms with E-state index in [2.05, 4.69) is 19.9 Å². The van der Waals surface area contributed by atoms with E-state index in [-0.39, 0.29) is 27.2 Å². The number of hydrogen-bond donors (Lipinski definition) is 3. The molecule has 0 radical (unpaired) electrons. The van der Waals surface area contributed by atoms with Crippen LogP contribution < -0.4 is 9.46 Å². The van der Waals surface area contributed by atoms with Crippen molar-refractivity contribution in [1.29, 1.82) is 0 Å². The van der Waals surface area contributed by atoms with Crippen molar-refractivity contribution in [3.8, 4) is 11.6 Å². The van der Waals surface area contributed by atoms with Gasteiger partial charge in [0, 0.05) is 28.8 Å². The maximum Gasteiger partial charge on any atom is 0.295 e. The number of sulfonamides is 1. The van der Waals surface area contributed by atoms with E-state index in [9.17, 15) is 28.4 Å². The summed E-state index contributed by atoms with van der Waals surface area (Å²) in [6, 6.07) is 15.2. The molecule has 0 saturated heterocycles. The van der Waals surface area contributed by atoms with Crippen molar-refractivity contribution in [2.24, 2.45) is 10.2 Å². The standard InChI is InChI=1S/C22H17N5O7S/c1-34-16-8-5-14(6-9-16)26-35(32,33)17-4-2-3-13(11-17)21(28)25-24-20-18-12-15(27(30)31)7-10-19(18)23-22(20)29/h2-12,23,26,29H,1H3. The summed E-state index contributed by atoms with van der Waals surface area (Å²) in [5, 5.41) is 28.6. The summed E-state index contributed by atoms with van der Waals surface area (Å²) in [6.45, 7) is 0. The van der Waals surface area contributed by atoms with Crippen molar-refractivity contribution >= 4 is 43.9 Å². The Hall–Kier alpha value is -4.78. The van der Waals surface area contributed by atoms with Crippen LogP contribution in [-0.2, 0) is 10.0 Å². The zero-order valence-corrected chi connectivity index (χ0v) is 18.8. The van der Waals surface area contributed by atoms with Crippen LogP contribution in [0.5, 0.6) is 11.6 Å². The number of carbonyl (C=O) groups excluding carboxylic acids is 1. The number of aromatic amines is 1. The fourth-order valence-electron chi connectivity index (χ4n) is 3.19. The highest BCUT2D eigenvalue weighted by atomic mass is 32.2. The Kier molecular flexibility index (Phi) is 6.16. The molecule has 0 aliphatic heterocycles. The number of hydrogen-bond acceptors (Lipinski definition) is 8. The minimum absolute atomic E-state index is 0.0725. The van der Waals surface area contributed by atoms with Crippen molar-refractivity contribution in [3.05, 3.63) is 82.4 Å². The van der Waals surface area contributed by atoms with Crippen LogP contribution in [0, 0.1) is 10.1 Å². The van der Waals surface area contributed by atoms with E-state index in [0.29, 0.717) is 17.0 Å². The van der Waals surface area contributed by atoms with Crippen LogP contribution in [0.4, 0.5) is 17.1 Å². The van der Waals surface area contributed by atoms with E-state index in [1.54, 1.807) is 12.1 Å². The minimum Gasteiger partial charge on any atom is -0.497 e. The summed E-state index contributed by atoms with van der Waals surface area (Å²) in [5.74, 6) is -0.760. The quantitative estimate of drug-likeness (QED) is 0.192. The van der Waals surface area contributed by atoms with Gasteiger partial charge in [-0.3, -0.25) is 19.6 Å². The molecule has 12 nitrogen and oxygen atoms in total. The molecule has 35 heavy (non-hydrogen) atoms. The van der Waals surface area contributed by atoms with Gasteiger partial charge in [-0.1, -0.05) is 6.07 Å². The summed E-state index contributed by atoms with van der Waals surface area (Å²) in [4.78, 5) is 25.4. The topological polar surface area (TPSA) is 176 Å². The lowest BCUT2D eigenvalue weighted by Gasteiger charge is -2.09. The number of nitrogens with zero attached hydrogens (tertiary/aromatic N) is 3. The Morgan fingerprint density at radius 2 is 1.86 bits per heavy atom. The largest absolute Gasteiger partial charge is 0.497 e. The first-order valence-electron chi connectivity index (χ1n) is 9.90. The SMILES string of the molecule is COc1ccc(NS(=O)(=O)c2cccc(C(=O)N=Nc3c(O)[nH]c4ccc([N+](=O)[O-])cc34)c2)cc1. The molecule has 0 fully saturated rings. The van der Waals surface area contributed by atoms with Crippen LogP contribution >= 0.6 is 0 Å². The third kappa shape index (κ3) is 4.94. The molecule has 3 aromatic carbocycles. The number of H-pyrrole nitrogens is 1. The van der Waals surface area contributed by atoms with Gasteiger partial charge in [0.1, 0.15) is 5.75 Å². The van der Waals surface area contributed by atoms with Crippen LogP contribution in [0.25, 0.3) is 10.9 Å². The van der Waals surface area contributed by atoms with E-state index >= 15 is 0 Å². The lowest BCUT2D eigenvalue weighted by atomic mass is 10.2. The van der Waals surface area contributed by atoms with Crippen molar-refractivity contribution in [1.82, 2.24) is 4.98 Å². The number of aromatic nitrogens is 1. The van der Waals surface area contributed by atoms with Gasteiger partial charge in [-0.2, -0.15) is 0 Å². The van der Waals surface area contributed by atoms with E-state index in [4.69, 9.17) is 4.74 Å². The van der Waals surface area contributed by atoms with Gasteiger partial charge >= 0.3 is 0 Å². The van der Waals surface area contributed by atoms with Crippen molar-refractivity contribution in [3.63, 3.8) is 0 Å². The van der Waals surface area contributed by atoms with Crippen LogP contribution in [0.3, 0.4) is 0 Å². The fourth-order valence-corrected chi connectivity index (χ4v) is 4.29. The Labute approximate surface area is 198 Å². The molecule has 0 aliphatic rings. The van der Waals surface area contributed by atoms with Gasteiger partial charge in [-0.05, 0) is 48.5 Å². The number of nitrogens with one attached hydrogen (secondary N) is 2. The van der Waals surface area contributed by atoms with Gasteiger partial charge in [-0.15, -0.1) is 10.2 Å². The molecular weight excluding hydrogens is 478 g/mol. The molecule has 178 valence electrons. The van der Waals surface area contributed by atoms with E-state index < -0.39 is 26.7 Å². The van der Waals surface area contributed by atoms with Crippen LogP contribution in [-0.4, -0.2) is 36.4 Å². The summed E-state index contributed by atoms with van der Waals surface area (Å²) in [5.41, 5.74) is 0.179. The van der Waals surface area contributed by atoms with Crippen molar-refractivity contribution in [2.45, 2.75) is 4.90 Å². The number of ether oxygens (including phenoxy) is 1. The third-order valence-electron chi connectivity index (χ3n) is 4.92. The molecule has 13 heteroatoms. The first kappa shape index (κ1) is 23.4. The predicted molar refractivity (Wildman–Crippen MR) is 126 cm³/mol. The molecule has 0 atom stereocenters. The van der Waals surface area contributed by atoms with E-state index in [1.807, 2.05) is 0 Å². The first-order chi connectivity index (χ1) is 16.7. The molecular formula is C22H17N5O7S. The minimum atomic E-state index is -4.02. The molecule has 0 aliphatic carbocycles. The second kappa shape index (κ2) is 9.23. The monoisotopic (exact) mass is 495 g/mol. The fraction of sp³-hybridized carbons (Fsp3) is 0.0455. The maximum atomic E-state index is 12.8. The average molecular weight is 495 g/mol. The Balaban J connectivity index is 1.59. The second-order valence-corrected chi connectivity index (χ2v) is 8.86. The van der Waals surface area contributed by atoms with Crippen molar-refractivity contribution < 1.29 is 28.0 Å². The summed E-state index contributed by atoms with van der Waals surface area (Å²) in [7, 11) is -2.53. The molecule has 3 N–H and O–H groups in total. The number of aromatic hydroxyl groups is 1.